The second-order valence-corrected chi connectivity index (χ2v) is 6.36. The van der Waals surface area contributed by atoms with Gasteiger partial charge in [0.2, 0.25) is 0 Å². The maximum Gasteiger partial charge on any atom is 0.115 e. The number of phenols is 1. The van der Waals surface area contributed by atoms with E-state index in [9.17, 15) is 5.11 Å². The summed E-state index contributed by atoms with van der Waals surface area (Å²) in [5, 5.41) is 13.2. The molecular weight excluding hydrogens is 272 g/mol. The first-order valence-electron chi connectivity index (χ1n) is 8.17. The van der Waals surface area contributed by atoms with Crippen molar-refractivity contribution in [3.8, 4) is 5.75 Å². The zero-order valence-electron chi connectivity index (χ0n) is 12.8. The van der Waals surface area contributed by atoms with E-state index in [1.165, 1.54) is 35.2 Å². The molecule has 114 valence electrons. The quantitative estimate of drug-likeness (QED) is 0.894. The van der Waals surface area contributed by atoms with Gasteiger partial charge in [-0.05, 0) is 54.6 Å². The van der Waals surface area contributed by atoms with Crippen LogP contribution in [0.5, 0.6) is 5.75 Å². The number of aromatic hydroxyl groups is 1. The summed E-state index contributed by atoms with van der Waals surface area (Å²) in [5.41, 5.74) is 5.49. The van der Waals surface area contributed by atoms with Crippen LogP contribution in [0, 0.1) is 0 Å². The van der Waals surface area contributed by atoms with E-state index >= 15 is 0 Å². The number of hydrogen-bond acceptors (Lipinski definition) is 3. The van der Waals surface area contributed by atoms with Crippen LogP contribution in [0.15, 0.2) is 42.5 Å². The Kier molecular flexibility index (Phi) is 3.51. The van der Waals surface area contributed by atoms with Crippen LogP contribution < -0.4 is 10.2 Å². The van der Waals surface area contributed by atoms with Crippen LogP contribution in [-0.2, 0) is 12.8 Å². The normalized spacial score (nSPS) is 20.4. The molecule has 0 spiro atoms. The van der Waals surface area contributed by atoms with Crippen molar-refractivity contribution in [3.63, 3.8) is 0 Å². The third-order valence-electron chi connectivity index (χ3n) is 4.88. The number of benzene rings is 2. The van der Waals surface area contributed by atoms with Crippen molar-refractivity contribution in [1.82, 2.24) is 5.32 Å². The van der Waals surface area contributed by atoms with E-state index in [0.717, 1.165) is 26.1 Å². The van der Waals surface area contributed by atoms with Gasteiger partial charge in [0.15, 0.2) is 0 Å². The summed E-state index contributed by atoms with van der Waals surface area (Å²) in [6, 6.07) is 15.0. The van der Waals surface area contributed by atoms with Crippen molar-refractivity contribution in [2.45, 2.75) is 25.3 Å². The third kappa shape index (κ3) is 2.46. The molecule has 0 radical (unpaired) electrons. The van der Waals surface area contributed by atoms with Crippen LogP contribution in [0.1, 0.15) is 23.1 Å². The highest BCUT2D eigenvalue weighted by Crippen LogP contribution is 2.37. The maximum absolute atomic E-state index is 9.69. The molecule has 0 bridgehead atoms. The van der Waals surface area contributed by atoms with E-state index in [-0.39, 0.29) is 0 Å². The van der Waals surface area contributed by atoms with Crippen LogP contribution in [0.4, 0.5) is 5.69 Å². The van der Waals surface area contributed by atoms with Crippen LogP contribution in [0.2, 0.25) is 0 Å². The molecule has 0 aliphatic carbocycles. The zero-order chi connectivity index (χ0) is 14.9. The Hall–Kier alpha value is -2.00. The molecule has 2 heterocycles. The summed E-state index contributed by atoms with van der Waals surface area (Å²) in [5.74, 6) is 0.349. The van der Waals surface area contributed by atoms with Crippen molar-refractivity contribution >= 4 is 5.69 Å². The SMILES string of the molecule is Oc1cccc(Cc2cccc3c2N2CCNCCC2C3)c1. The zero-order valence-corrected chi connectivity index (χ0v) is 12.8. The third-order valence-corrected chi connectivity index (χ3v) is 4.88. The van der Waals surface area contributed by atoms with Gasteiger partial charge in [-0.3, -0.25) is 0 Å². The molecule has 2 aliphatic heterocycles. The largest absolute Gasteiger partial charge is 0.508 e. The van der Waals surface area contributed by atoms with Gasteiger partial charge >= 0.3 is 0 Å². The maximum atomic E-state index is 9.69. The summed E-state index contributed by atoms with van der Waals surface area (Å²) in [4.78, 5) is 2.60. The average Bonchev–Trinajstić information content (AvgIpc) is 2.71. The number of rotatable bonds is 2. The van der Waals surface area contributed by atoms with Crippen LogP contribution >= 0.6 is 0 Å². The molecule has 22 heavy (non-hydrogen) atoms. The Morgan fingerprint density at radius 3 is 2.95 bits per heavy atom. The highest BCUT2D eigenvalue weighted by molar-refractivity contribution is 5.65. The van der Waals surface area contributed by atoms with Crippen molar-refractivity contribution in [1.29, 1.82) is 0 Å². The number of para-hydroxylation sites is 1. The van der Waals surface area contributed by atoms with Crippen LogP contribution in [0.25, 0.3) is 0 Å². The van der Waals surface area contributed by atoms with Crippen molar-refractivity contribution in [2.75, 3.05) is 24.5 Å². The lowest BCUT2D eigenvalue weighted by Crippen LogP contribution is -2.33. The predicted molar refractivity (Wildman–Crippen MR) is 89.7 cm³/mol. The standard InChI is InChI=1S/C19H22N2O/c22-18-6-1-3-14(12-18)11-15-4-2-5-16-13-17-7-8-20-9-10-21(17)19(15)16/h1-6,12,17,20,22H,7-11,13H2. The Morgan fingerprint density at radius 2 is 2.05 bits per heavy atom. The smallest absolute Gasteiger partial charge is 0.115 e. The Morgan fingerprint density at radius 1 is 1.14 bits per heavy atom. The van der Waals surface area contributed by atoms with Gasteiger partial charge in [0.1, 0.15) is 5.75 Å². The number of nitrogens with one attached hydrogen (secondary N) is 1. The van der Waals surface area contributed by atoms with Gasteiger partial charge in [0.05, 0.1) is 0 Å². The fraction of sp³-hybridized carbons (Fsp3) is 0.368. The molecule has 2 N–H and O–H groups in total. The van der Waals surface area contributed by atoms with Gasteiger partial charge in [-0.1, -0.05) is 30.3 Å². The summed E-state index contributed by atoms with van der Waals surface area (Å²) in [7, 11) is 0. The number of anilines is 1. The molecule has 3 heteroatoms. The Labute approximate surface area is 131 Å². The topological polar surface area (TPSA) is 35.5 Å². The summed E-state index contributed by atoms with van der Waals surface area (Å²) < 4.78 is 0. The van der Waals surface area contributed by atoms with E-state index < -0.39 is 0 Å². The molecule has 2 aromatic rings. The molecule has 3 nitrogen and oxygen atoms in total. The molecule has 1 atom stereocenters. The summed E-state index contributed by atoms with van der Waals surface area (Å²) in [6.07, 6.45) is 3.28. The van der Waals surface area contributed by atoms with Crippen molar-refractivity contribution in [2.24, 2.45) is 0 Å². The van der Waals surface area contributed by atoms with Crippen LogP contribution in [0.3, 0.4) is 0 Å². The lowest BCUT2D eigenvalue weighted by Gasteiger charge is -2.26. The first-order valence-corrected chi connectivity index (χ1v) is 8.17. The fourth-order valence-electron chi connectivity index (χ4n) is 3.90. The molecule has 1 unspecified atom stereocenters. The summed E-state index contributed by atoms with van der Waals surface area (Å²) in [6.45, 7) is 3.28. The molecule has 1 fully saturated rings. The second-order valence-electron chi connectivity index (χ2n) is 6.36. The minimum absolute atomic E-state index is 0.349. The minimum atomic E-state index is 0.349. The van der Waals surface area contributed by atoms with Gasteiger partial charge < -0.3 is 15.3 Å². The molecule has 0 amide bonds. The van der Waals surface area contributed by atoms with Crippen LogP contribution in [-0.4, -0.2) is 30.8 Å². The predicted octanol–water partition coefficient (Wildman–Crippen LogP) is 2.71. The highest BCUT2D eigenvalue weighted by atomic mass is 16.3. The Balaban J connectivity index is 1.69. The van der Waals surface area contributed by atoms with E-state index in [0.29, 0.717) is 11.8 Å². The Bertz CT molecular complexity index is 683. The number of hydrogen-bond donors (Lipinski definition) is 2. The van der Waals surface area contributed by atoms with Gasteiger partial charge in [-0.25, -0.2) is 0 Å². The van der Waals surface area contributed by atoms with E-state index in [4.69, 9.17) is 0 Å². The first-order chi connectivity index (χ1) is 10.8. The fourth-order valence-corrected chi connectivity index (χ4v) is 3.90. The van der Waals surface area contributed by atoms with Gasteiger partial charge in [0, 0.05) is 24.8 Å². The van der Waals surface area contributed by atoms with Gasteiger partial charge in [0.25, 0.3) is 0 Å². The highest BCUT2D eigenvalue weighted by Gasteiger charge is 2.31. The molecule has 2 aromatic carbocycles. The molecule has 1 saturated heterocycles. The average molecular weight is 294 g/mol. The molecule has 2 aliphatic rings. The number of fused-ring (bicyclic) bond motifs is 3. The van der Waals surface area contributed by atoms with Crippen molar-refractivity contribution in [3.05, 3.63) is 59.2 Å². The van der Waals surface area contributed by atoms with Crippen molar-refractivity contribution < 1.29 is 5.11 Å². The van der Waals surface area contributed by atoms with E-state index in [1.54, 1.807) is 6.07 Å². The second kappa shape index (κ2) is 5.65. The van der Waals surface area contributed by atoms with E-state index in [2.05, 4.69) is 34.5 Å². The van der Waals surface area contributed by atoms with E-state index in [1.807, 2.05) is 12.1 Å². The molecular formula is C19H22N2O. The van der Waals surface area contributed by atoms with Gasteiger partial charge in [-0.2, -0.15) is 0 Å². The summed E-state index contributed by atoms with van der Waals surface area (Å²) >= 11 is 0. The number of nitrogens with zero attached hydrogens (tertiary/aromatic N) is 1. The minimum Gasteiger partial charge on any atom is -0.508 e. The lowest BCUT2D eigenvalue weighted by molar-refractivity contribution is 0.474. The number of phenolic OH excluding ortho intramolecular Hbond substituents is 1. The lowest BCUT2D eigenvalue weighted by atomic mass is 9.99. The molecule has 0 aromatic heterocycles. The first kappa shape index (κ1) is 13.6. The monoisotopic (exact) mass is 294 g/mol. The van der Waals surface area contributed by atoms with Gasteiger partial charge in [-0.15, -0.1) is 0 Å². The molecule has 4 rings (SSSR count). The molecule has 0 saturated carbocycles.